The molecule has 1 aromatic rings. The Kier molecular flexibility index (Phi) is 3.23. The van der Waals surface area contributed by atoms with Gasteiger partial charge >= 0.3 is 5.97 Å². The Labute approximate surface area is 81.1 Å². The quantitative estimate of drug-likeness (QED) is 0.574. The van der Waals surface area contributed by atoms with Gasteiger partial charge in [-0.1, -0.05) is 6.07 Å². The number of carbonyl (C=O) groups excluding carboxylic acids is 2. The highest BCUT2D eigenvalue weighted by Gasteiger charge is 2.14. The van der Waals surface area contributed by atoms with Crippen molar-refractivity contribution in [2.45, 2.75) is 6.42 Å². The van der Waals surface area contributed by atoms with Gasteiger partial charge in [0.1, 0.15) is 12.0 Å². The first-order valence-electron chi connectivity index (χ1n) is 4.03. The normalized spacial score (nSPS) is 9.50. The Bertz CT molecular complexity index is 357. The largest absolute Gasteiger partial charge is 0.508 e. The second kappa shape index (κ2) is 4.41. The van der Waals surface area contributed by atoms with Crippen molar-refractivity contribution < 1.29 is 19.4 Å². The van der Waals surface area contributed by atoms with Crippen molar-refractivity contribution in [2.75, 3.05) is 7.11 Å². The Morgan fingerprint density at radius 2 is 2.29 bits per heavy atom. The number of phenols is 1. The first kappa shape index (κ1) is 10.2. The maximum atomic E-state index is 11.2. The summed E-state index contributed by atoms with van der Waals surface area (Å²) in [5, 5.41) is 9.40. The Balaban J connectivity index is 3.20. The number of aromatic hydroxyl groups is 1. The second-order valence-corrected chi connectivity index (χ2v) is 2.67. The number of hydrogen-bond donors (Lipinski definition) is 1. The lowest BCUT2D eigenvalue weighted by Gasteiger charge is -2.06. The summed E-state index contributed by atoms with van der Waals surface area (Å²) in [6.07, 6.45) is 0.624. The van der Waals surface area contributed by atoms with Gasteiger partial charge < -0.3 is 14.6 Å². The van der Waals surface area contributed by atoms with Gasteiger partial charge in [-0.2, -0.15) is 0 Å². The number of methoxy groups -OCH3 is 1. The zero-order valence-electron chi connectivity index (χ0n) is 7.69. The predicted molar refractivity (Wildman–Crippen MR) is 49.2 cm³/mol. The zero-order valence-corrected chi connectivity index (χ0v) is 7.69. The fraction of sp³-hybridized carbons (Fsp3) is 0.200. The van der Waals surface area contributed by atoms with Crippen LogP contribution in [0.15, 0.2) is 18.2 Å². The summed E-state index contributed by atoms with van der Waals surface area (Å²) in [5.74, 6) is -0.627. The molecular formula is C10H10O4. The van der Waals surface area contributed by atoms with Crippen molar-refractivity contribution in [1.82, 2.24) is 0 Å². The third-order valence-electron chi connectivity index (χ3n) is 1.84. The first-order valence-corrected chi connectivity index (χ1v) is 4.03. The van der Waals surface area contributed by atoms with E-state index in [0.717, 1.165) is 0 Å². The van der Waals surface area contributed by atoms with Crippen LogP contribution in [0.1, 0.15) is 15.9 Å². The molecule has 0 aromatic heterocycles. The molecule has 0 spiro atoms. The maximum absolute atomic E-state index is 11.2. The first-order chi connectivity index (χ1) is 6.70. The highest BCUT2D eigenvalue weighted by molar-refractivity contribution is 5.92. The number of rotatable bonds is 3. The number of esters is 1. The van der Waals surface area contributed by atoms with Gasteiger partial charge in [0.2, 0.25) is 0 Å². The number of ether oxygens (including phenoxy) is 1. The number of aldehydes is 1. The molecule has 14 heavy (non-hydrogen) atoms. The number of carbonyl (C=O) groups is 2. The Morgan fingerprint density at radius 1 is 1.57 bits per heavy atom. The molecule has 0 aliphatic heterocycles. The lowest BCUT2D eigenvalue weighted by atomic mass is 10.0. The number of hydrogen-bond acceptors (Lipinski definition) is 4. The van der Waals surface area contributed by atoms with Crippen LogP contribution < -0.4 is 0 Å². The van der Waals surface area contributed by atoms with E-state index in [9.17, 15) is 14.7 Å². The van der Waals surface area contributed by atoms with Crippen LogP contribution >= 0.6 is 0 Å². The van der Waals surface area contributed by atoms with Crippen LogP contribution in [0.4, 0.5) is 0 Å². The van der Waals surface area contributed by atoms with Gasteiger partial charge in [-0.3, -0.25) is 0 Å². The van der Waals surface area contributed by atoms with E-state index in [0.29, 0.717) is 11.8 Å². The second-order valence-electron chi connectivity index (χ2n) is 2.67. The monoisotopic (exact) mass is 194 g/mol. The lowest BCUT2D eigenvalue weighted by molar-refractivity contribution is -0.107. The van der Waals surface area contributed by atoms with E-state index in [-0.39, 0.29) is 17.7 Å². The third-order valence-corrected chi connectivity index (χ3v) is 1.84. The van der Waals surface area contributed by atoms with E-state index in [1.54, 1.807) is 0 Å². The van der Waals surface area contributed by atoms with Crippen molar-refractivity contribution in [3.05, 3.63) is 29.3 Å². The van der Waals surface area contributed by atoms with Crippen LogP contribution in [-0.2, 0) is 16.0 Å². The maximum Gasteiger partial charge on any atom is 0.338 e. The van der Waals surface area contributed by atoms with Gasteiger partial charge in [0.25, 0.3) is 0 Å². The van der Waals surface area contributed by atoms with E-state index in [1.165, 1.54) is 25.3 Å². The summed E-state index contributed by atoms with van der Waals surface area (Å²) in [4.78, 5) is 21.5. The summed E-state index contributed by atoms with van der Waals surface area (Å²) in [6.45, 7) is 0. The van der Waals surface area contributed by atoms with Crippen LogP contribution in [-0.4, -0.2) is 24.5 Å². The van der Waals surface area contributed by atoms with Gasteiger partial charge in [0, 0.05) is 12.0 Å². The molecule has 0 unspecified atom stereocenters. The molecule has 1 aromatic carbocycles. The molecule has 0 fully saturated rings. The average molecular weight is 194 g/mol. The lowest BCUT2D eigenvalue weighted by Crippen LogP contribution is -2.06. The van der Waals surface area contributed by atoms with E-state index in [2.05, 4.69) is 4.74 Å². The summed E-state index contributed by atoms with van der Waals surface area (Å²) in [6, 6.07) is 4.45. The topological polar surface area (TPSA) is 63.6 Å². The number of phenolic OH excluding ortho intramolecular Hbond substituents is 1. The number of benzene rings is 1. The molecule has 0 aliphatic rings. The van der Waals surface area contributed by atoms with Crippen molar-refractivity contribution in [3.8, 4) is 5.75 Å². The van der Waals surface area contributed by atoms with E-state index in [1.807, 2.05) is 0 Å². The third kappa shape index (κ3) is 1.90. The molecule has 4 heteroatoms. The van der Waals surface area contributed by atoms with Gasteiger partial charge in [-0.25, -0.2) is 4.79 Å². The predicted octanol–water partition coefficient (Wildman–Crippen LogP) is 0.920. The molecule has 74 valence electrons. The minimum Gasteiger partial charge on any atom is -0.508 e. The van der Waals surface area contributed by atoms with Crippen molar-refractivity contribution >= 4 is 12.3 Å². The van der Waals surface area contributed by atoms with Crippen LogP contribution in [0.25, 0.3) is 0 Å². The standard InChI is InChI=1S/C10H10O4/c1-14-10(13)8-3-2-4-9(12)7(8)5-6-11/h2-4,6,12H,5H2,1H3. The van der Waals surface area contributed by atoms with Crippen LogP contribution in [0.2, 0.25) is 0 Å². The van der Waals surface area contributed by atoms with Gasteiger partial charge in [0.05, 0.1) is 12.7 Å². The molecule has 0 aliphatic carbocycles. The molecular weight excluding hydrogens is 184 g/mol. The van der Waals surface area contributed by atoms with Crippen LogP contribution in [0.3, 0.4) is 0 Å². The van der Waals surface area contributed by atoms with Crippen LogP contribution in [0, 0.1) is 0 Å². The minimum atomic E-state index is -0.558. The molecule has 1 rings (SSSR count). The summed E-state index contributed by atoms with van der Waals surface area (Å²) < 4.78 is 4.51. The van der Waals surface area contributed by atoms with Crippen molar-refractivity contribution in [1.29, 1.82) is 0 Å². The molecule has 1 N–H and O–H groups in total. The average Bonchev–Trinajstić information content (AvgIpc) is 2.20. The highest BCUT2D eigenvalue weighted by atomic mass is 16.5. The molecule has 0 atom stereocenters. The van der Waals surface area contributed by atoms with Crippen molar-refractivity contribution in [2.24, 2.45) is 0 Å². The van der Waals surface area contributed by atoms with E-state index >= 15 is 0 Å². The van der Waals surface area contributed by atoms with Crippen molar-refractivity contribution in [3.63, 3.8) is 0 Å². The molecule has 0 saturated carbocycles. The summed E-state index contributed by atoms with van der Waals surface area (Å²) >= 11 is 0. The van der Waals surface area contributed by atoms with E-state index in [4.69, 9.17) is 0 Å². The smallest absolute Gasteiger partial charge is 0.338 e. The fourth-order valence-corrected chi connectivity index (χ4v) is 1.17. The highest BCUT2D eigenvalue weighted by Crippen LogP contribution is 2.21. The SMILES string of the molecule is COC(=O)c1cccc(O)c1CC=O. The van der Waals surface area contributed by atoms with Crippen LogP contribution in [0.5, 0.6) is 5.75 Å². The molecule has 4 nitrogen and oxygen atoms in total. The molecule has 0 bridgehead atoms. The van der Waals surface area contributed by atoms with E-state index < -0.39 is 5.97 Å². The zero-order chi connectivity index (χ0) is 10.6. The minimum absolute atomic E-state index is 0.00287. The summed E-state index contributed by atoms with van der Waals surface area (Å²) in [7, 11) is 1.25. The van der Waals surface area contributed by atoms with Gasteiger partial charge in [-0.05, 0) is 12.1 Å². The van der Waals surface area contributed by atoms with Gasteiger partial charge in [-0.15, -0.1) is 0 Å². The molecule has 0 heterocycles. The fourth-order valence-electron chi connectivity index (χ4n) is 1.17. The Hall–Kier alpha value is -1.84. The molecule has 0 amide bonds. The molecule has 0 radical (unpaired) electrons. The van der Waals surface area contributed by atoms with Gasteiger partial charge in [0.15, 0.2) is 0 Å². The Morgan fingerprint density at radius 3 is 2.86 bits per heavy atom. The molecule has 0 saturated heterocycles. The summed E-state index contributed by atoms with van der Waals surface area (Å²) in [5.41, 5.74) is 0.522.